The highest BCUT2D eigenvalue weighted by atomic mass is 16.3. The zero-order valence-corrected chi connectivity index (χ0v) is 32.5. The van der Waals surface area contributed by atoms with E-state index in [0.717, 1.165) is 77.6 Å². The third-order valence-corrected chi connectivity index (χ3v) is 11.1. The minimum Gasteiger partial charge on any atom is -0.455 e. The summed E-state index contributed by atoms with van der Waals surface area (Å²) in [6.45, 7) is 0. The molecule has 2 aromatic heterocycles. The van der Waals surface area contributed by atoms with E-state index in [0.29, 0.717) is 17.5 Å². The maximum Gasteiger partial charge on any atom is 0.164 e. The summed E-state index contributed by atoms with van der Waals surface area (Å²) in [6, 6.07) is 75.9. The molecule has 282 valence electrons. The summed E-state index contributed by atoms with van der Waals surface area (Å²) in [5, 5.41) is 4.30. The first-order chi connectivity index (χ1) is 29.7. The van der Waals surface area contributed by atoms with Crippen LogP contribution in [0.4, 0.5) is 17.1 Å². The van der Waals surface area contributed by atoms with E-state index in [1.165, 1.54) is 11.1 Å². The molecule has 0 atom stereocenters. The van der Waals surface area contributed by atoms with Crippen molar-refractivity contribution in [2.24, 2.45) is 0 Å². The maximum absolute atomic E-state index is 6.63. The lowest BCUT2D eigenvalue weighted by molar-refractivity contribution is 0.672. The molecule has 0 aliphatic rings. The second kappa shape index (κ2) is 15.0. The van der Waals surface area contributed by atoms with E-state index < -0.39 is 0 Å². The highest BCUT2D eigenvalue weighted by molar-refractivity contribution is 6.20. The van der Waals surface area contributed by atoms with Gasteiger partial charge >= 0.3 is 0 Å². The number of hydrogen-bond donors (Lipinski definition) is 0. The molecule has 0 unspecified atom stereocenters. The van der Waals surface area contributed by atoms with Crippen molar-refractivity contribution in [1.82, 2.24) is 15.0 Å². The van der Waals surface area contributed by atoms with E-state index in [1.807, 2.05) is 72.8 Å². The molecule has 60 heavy (non-hydrogen) atoms. The molecule has 0 aliphatic carbocycles. The van der Waals surface area contributed by atoms with Crippen LogP contribution in [-0.2, 0) is 0 Å². The Kier molecular flexibility index (Phi) is 8.75. The normalized spacial score (nSPS) is 11.3. The van der Waals surface area contributed by atoms with Gasteiger partial charge < -0.3 is 9.32 Å². The van der Waals surface area contributed by atoms with Crippen LogP contribution in [0.15, 0.2) is 223 Å². The molecule has 0 spiro atoms. The monoisotopic (exact) mass is 768 g/mol. The molecule has 0 saturated carbocycles. The van der Waals surface area contributed by atoms with Crippen LogP contribution in [0, 0.1) is 0 Å². The topological polar surface area (TPSA) is 55.1 Å². The van der Waals surface area contributed by atoms with Crippen molar-refractivity contribution < 1.29 is 4.42 Å². The van der Waals surface area contributed by atoms with Crippen molar-refractivity contribution >= 4 is 49.8 Å². The number of aromatic nitrogens is 3. The van der Waals surface area contributed by atoms with E-state index in [-0.39, 0.29) is 0 Å². The van der Waals surface area contributed by atoms with Crippen LogP contribution in [0.3, 0.4) is 0 Å². The average molecular weight is 769 g/mol. The van der Waals surface area contributed by atoms with Gasteiger partial charge in [-0.2, -0.15) is 0 Å². The van der Waals surface area contributed by atoms with Crippen molar-refractivity contribution in [2.75, 3.05) is 4.90 Å². The summed E-state index contributed by atoms with van der Waals surface area (Å²) in [5.74, 6) is 1.90. The van der Waals surface area contributed by atoms with Gasteiger partial charge in [0.05, 0.1) is 5.69 Å². The van der Waals surface area contributed by atoms with Crippen molar-refractivity contribution in [1.29, 1.82) is 0 Å². The van der Waals surface area contributed by atoms with Gasteiger partial charge in [0, 0.05) is 49.6 Å². The number of hydrogen-bond acceptors (Lipinski definition) is 5. The van der Waals surface area contributed by atoms with Crippen LogP contribution in [0.25, 0.3) is 89.1 Å². The number of benzene rings is 9. The SMILES string of the molecule is c1ccc(-c2ccc(N(c3ccccc3)c3cc4c5ccccc5oc4c4ccc(-c5ccc(-c6nc(-c7ccccc7)nc(-c7ccccc7)n6)cc5)cc34)cc2)cc1. The molecular formula is C55H36N4O. The first-order valence-corrected chi connectivity index (χ1v) is 20.1. The van der Waals surface area contributed by atoms with Gasteiger partial charge in [0.1, 0.15) is 11.2 Å². The predicted octanol–water partition coefficient (Wildman–Crippen LogP) is 14.7. The summed E-state index contributed by atoms with van der Waals surface area (Å²) in [4.78, 5) is 17.2. The Labute approximate surface area is 347 Å². The Morgan fingerprint density at radius 1 is 0.300 bits per heavy atom. The van der Waals surface area contributed by atoms with Crippen LogP contribution in [0.2, 0.25) is 0 Å². The second-order valence-corrected chi connectivity index (χ2v) is 14.8. The molecule has 11 rings (SSSR count). The fourth-order valence-corrected chi connectivity index (χ4v) is 8.13. The summed E-state index contributed by atoms with van der Waals surface area (Å²) in [6.07, 6.45) is 0. The molecule has 0 saturated heterocycles. The zero-order valence-electron chi connectivity index (χ0n) is 32.5. The standard InChI is InChI=1S/C55H36N4O/c1-5-15-37(16-6-1)38-29-32-45(33-30-38)59(44-21-11-4-12-22-44)50-36-49-46-23-13-14-24-51(46)60-52(49)47-34-31-43(35-48(47)50)39-25-27-42(28-26-39)55-57-53(40-17-7-2-8-18-40)56-54(58-55)41-19-9-3-10-20-41/h1-36H. The Balaban J connectivity index is 1.06. The lowest BCUT2D eigenvalue weighted by Crippen LogP contribution is -2.10. The van der Waals surface area contributed by atoms with Crippen molar-refractivity contribution in [3.8, 4) is 56.4 Å². The largest absolute Gasteiger partial charge is 0.455 e. The lowest BCUT2D eigenvalue weighted by atomic mass is 9.96. The average Bonchev–Trinajstić information content (AvgIpc) is 3.71. The van der Waals surface area contributed by atoms with Gasteiger partial charge in [0.15, 0.2) is 17.5 Å². The third kappa shape index (κ3) is 6.45. The molecule has 0 amide bonds. The van der Waals surface area contributed by atoms with E-state index in [2.05, 4.69) is 150 Å². The van der Waals surface area contributed by atoms with Gasteiger partial charge in [-0.1, -0.05) is 170 Å². The van der Waals surface area contributed by atoms with Gasteiger partial charge in [-0.3, -0.25) is 0 Å². The van der Waals surface area contributed by atoms with Gasteiger partial charge in [0.2, 0.25) is 0 Å². The molecule has 0 aliphatic heterocycles. The molecule has 11 aromatic rings. The molecule has 5 heteroatoms. The van der Waals surface area contributed by atoms with Crippen LogP contribution in [0.1, 0.15) is 0 Å². The Hall–Kier alpha value is -8.15. The smallest absolute Gasteiger partial charge is 0.164 e. The summed E-state index contributed by atoms with van der Waals surface area (Å²) >= 11 is 0. The first kappa shape index (κ1) is 35.0. The minimum atomic E-state index is 0.624. The molecular weight excluding hydrogens is 733 g/mol. The van der Waals surface area contributed by atoms with Crippen molar-refractivity contribution in [3.63, 3.8) is 0 Å². The number of rotatable bonds is 8. The van der Waals surface area contributed by atoms with Crippen molar-refractivity contribution in [2.45, 2.75) is 0 Å². The van der Waals surface area contributed by atoms with Gasteiger partial charge in [-0.05, 0) is 70.8 Å². The highest BCUT2D eigenvalue weighted by Crippen LogP contribution is 2.46. The van der Waals surface area contributed by atoms with Crippen LogP contribution >= 0.6 is 0 Å². The molecule has 9 aromatic carbocycles. The Morgan fingerprint density at radius 2 is 0.733 bits per heavy atom. The Morgan fingerprint density at radius 3 is 1.35 bits per heavy atom. The number of para-hydroxylation sites is 2. The molecule has 0 radical (unpaired) electrons. The van der Waals surface area contributed by atoms with Gasteiger partial charge in [0.25, 0.3) is 0 Å². The fraction of sp³-hybridized carbons (Fsp3) is 0. The third-order valence-electron chi connectivity index (χ3n) is 11.1. The molecule has 2 heterocycles. The number of nitrogens with zero attached hydrogens (tertiary/aromatic N) is 4. The molecule has 0 bridgehead atoms. The van der Waals surface area contributed by atoms with Gasteiger partial charge in [-0.15, -0.1) is 0 Å². The summed E-state index contributed by atoms with van der Waals surface area (Å²) < 4.78 is 6.63. The highest BCUT2D eigenvalue weighted by Gasteiger charge is 2.21. The number of fused-ring (bicyclic) bond motifs is 5. The molecule has 0 fully saturated rings. The Bertz CT molecular complexity index is 3220. The fourth-order valence-electron chi connectivity index (χ4n) is 8.13. The van der Waals surface area contributed by atoms with Crippen LogP contribution in [0.5, 0.6) is 0 Å². The number of anilines is 3. The van der Waals surface area contributed by atoms with E-state index in [9.17, 15) is 0 Å². The van der Waals surface area contributed by atoms with Crippen molar-refractivity contribution in [3.05, 3.63) is 218 Å². The summed E-state index contributed by atoms with van der Waals surface area (Å²) in [5.41, 5.74) is 12.3. The van der Waals surface area contributed by atoms with E-state index in [1.54, 1.807) is 0 Å². The van der Waals surface area contributed by atoms with Crippen LogP contribution in [-0.4, -0.2) is 15.0 Å². The minimum absolute atomic E-state index is 0.624. The first-order valence-electron chi connectivity index (χ1n) is 20.1. The molecule has 0 N–H and O–H groups in total. The second-order valence-electron chi connectivity index (χ2n) is 14.8. The quantitative estimate of drug-likeness (QED) is 0.154. The summed E-state index contributed by atoms with van der Waals surface area (Å²) in [7, 11) is 0. The van der Waals surface area contributed by atoms with Crippen LogP contribution < -0.4 is 4.90 Å². The predicted molar refractivity (Wildman–Crippen MR) is 246 cm³/mol. The van der Waals surface area contributed by atoms with E-state index >= 15 is 0 Å². The number of furan rings is 1. The van der Waals surface area contributed by atoms with E-state index in [4.69, 9.17) is 19.4 Å². The lowest BCUT2D eigenvalue weighted by Gasteiger charge is -2.27. The molecule has 5 nitrogen and oxygen atoms in total. The zero-order chi connectivity index (χ0) is 39.8. The van der Waals surface area contributed by atoms with Gasteiger partial charge in [-0.25, -0.2) is 15.0 Å². The maximum atomic E-state index is 6.63.